The van der Waals surface area contributed by atoms with Crippen LogP contribution in [0.1, 0.15) is 17.7 Å². The molecule has 0 spiro atoms. The van der Waals surface area contributed by atoms with Gasteiger partial charge in [0, 0.05) is 18.3 Å². The van der Waals surface area contributed by atoms with Crippen LogP contribution in [0.2, 0.25) is 0 Å². The van der Waals surface area contributed by atoms with E-state index in [2.05, 4.69) is 0 Å². The summed E-state index contributed by atoms with van der Waals surface area (Å²) in [5, 5.41) is 11.8. The van der Waals surface area contributed by atoms with E-state index in [1.807, 2.05) is 17.5 Å². The van der Waals surface area contributed by atoms with Crippen molar-refractivity contribution >= 4 is 27.1 Å². The Bertz CT molecular complexity index is 553. The fourth-order valence-electron chi connectivity index (χ4n) is 2.41. The van der Waals surface area contributed by atoms with E-state index in [1.165, 1.54) is 9.78 Å². The minimum Gasteiger partial charge on any atom is -0.390 e. The number of carbonyl (C=O) groups excluding carboxylic acids is 1. The van der Waals surface area contributed by atoms with Crippen LogP contribution < -0.4 is 0 Å². The van der Waals surface area contributed by atoms with Crippen LogP contribution in [-0.2, 0) is 21.1 Å². The number of hydrogen-bond acceptors (Lipinski definition) is 5. The third-order valence-corrected chi connectivity index (χ3v) is 6.21. The molecule has 0 aromatic carbocycles. The summed E-state index contributed by atoms with van der Waals surface area (Å²) in [5.74, 6) is -0.492. The van der Waals surface area contributed by atoms with Crippen LogP contribution in [-0.4, -0.2) is 55.0 Å². The van der Waals surface area contributed by atoms with Crippen LogP contribution in [0.4, 0.5) is 0 Å². The van der Waals surface area contributed by atoms with Gasteiger partial charge in [-0.15, -0.1) is 11.3 Å². The largest absolute Gasteiger partial charge is 0.390 e. The van der Waals surface area contributed by atoms with Crippen molar-refractivity contribution < 1.29 is 18.3 Å². The Hall–Kier alpha value is -0.920. The average molecular weight is 317 g/mol. The normalized spacial score (nSPS) is 24.7. The minimum atomic E-state index is -3.22. The van der Waals surface area contributed by atoms with Crippen molar-refractivity contribution in [1.29, 1.82) is 0 Å². The van der Waals surface area contributed by atoms with Crippen LogP contribution in [0.5, 0.6) is 0 Å². The van der Waals surface area contributed by atoms with Gasteiger partial charge in [-0.25, -0.2) is 8.42 Å². The second kappa shape index (κ2) is 6.24. The molecule has 1 saturated heterocycles. The maximum atomic E-state index is 12.0. The highest BCUT2D eigenvalue weighted by molar-refractivity contribution is 7.91. The Morgan fingerprint density at radius 1 is 1.50 bits per heavy atom. The van der Waals surface area contributed by atoms with Crippen LogP contribution in [0, 0.1) is 0 Å². The molecule has 1 N–H and O–H groups in total. The van der Waals surface area contributed by atoms with Gasteiger partial charge in [-0.05, 0) is 24.3 Å². The topological polar surface area (TPSA) is 74.7 Å². The summed E-state index contributed by atoms with van der Waals surface area (Å²) in [6, 6.07) is 3.41. The van der Waals surface area contributed by atoms with Crippen molar-refractivity contribution in [3.05, 3.63) is 22.4 Å². The van der Waals surface area contributed by atoms with E-state index in [1.54, 1.807) is 18.4 Å². The standard InChI is InChI=1S/C13H19NO4S2/c1-14(11-8-20(17,18)9-12(11)15)13(16)6-2-4-10-5-3-7-19-10/h3,5,7,11-12,15H,2,4,6,8-9H2,1H3/t11-,12-/m1/s1. The summed E-state index contributed by atoms with van der Waals surface area (Å²) in [7, 11) is -1.65. The first-order valence-electron chi connectivity index (χ1n) is 6.55. The van der Waals surface area contributed by atoms with Gasteiger partial charge in [0.05, 0.1) is 23.7 Å². The van der Waals surface area contributed by atoms with Gasteiger partial charge in [0.15, 0.2) is 9.84 Å². The molecule has 1 amide bonds. The van der Waals surface area contributed by atoms with Gasteiger partial charge in [0.1, 0.15) is 0 Å². The fourth-order valence-corrected chi connectivity index (χ4v) is 5.01. The van der Waals surface area contributed by atoms with E-state index < -0.39 is 22.0 Å². The number of aliphatic hydroxyl groups excluding tert-OH is 1. The third kappa shape index (κ3) is 3.80. The summed E-state index contributed by atoms with van der Waals surface area (Å²) in [6.45, 7) is 0. The molecule has 0 aliphatic carbocycles. The fraction of sp³-hybridized carbons (Fsp3) is 0.615. The summed E-state index contributed by atoms with van der Waals surface area (Å²) < 4.78 is 22.9. The van der Waals surface area contributed by atoms with Crippen molar-refractivity contribution in [2.45, 2.75) is 31.4 Å². The zero-order chi connectivity index (χ0) is 14.8. The zero-order valence-corrected chi connectivity index (χ0v) is 13.0. The molecule has 20 heavy (non-hydrogen) atoms. The van der Waals surface area contributed by atoms with Crippen LogP contribution in [0.15, 0.2) is 17.5 Å². The van der Waals surface area contributed by atoms with Crippen molar-refractivity contribution in [3.63, 3.8) is 0 Å². The Kier molecular flexibility index (Phi) is 4.82. The molecule has 112 valence electrons. The van der Waals surface area contributed by atoms with Gasteiger partial charge in [0.2, 0.25) is 5.91 Å². The first kappa shape index (κ1) is 15.5. The van der Waals surface area contributed by atoms with Crippen molar-refractivity contribution in [1.82, 2.24) is 4.90 Å². The Labute approximate surface area is 123 Å². The SMILES string of the molecule is CN(C(=O)CCCc1cccs1)[C@@H]1CS(=O)(=O)C[C@H]1O. The molecule has 2 rings (SSSR count). The number of sulfone groups is 1. The third-order valence-electron chi connectivity index (χ3n) is 3.58. The van der Waals surface area contributed by atoms with E-state index in [0.29, 0.717) is 6.42 Å². The monoisotopic (exact) mass is 317 g/mol. The number of hydrogen-bond donors (Lipinski definition) is 1. The van der Waals surface area contributed by atoms with E-state index in [-0.39, 0.29) is 17.4 Å². The molecule has 1 aromatic rings. The van der Waals surface area contributed by atoms with Gasteiger partial charge in [-0.3, -0.25) is 4.79 Å². The number of likely N-dealkylation sites (N-methyl/N-ethyl adjacent to an activating group) is 1. The average Bonchev–Trinajstić information content (AvgIpc) is 2.95. The molecule has 7 heteroatoms. The van der Waals surface area contributed by atoms with E-state index in [4.69, 9.17) is 0 Å². The number of thiophene rings is 1. The molecule has 0 radical (unpaired) electrons. The highest BCUT2D eigenvalue weighted by Crippen LogP contribution is 2.19. The van der Waals surface area contributed by atoms with Gasteiger partial charge < -0.3 is 10.0 Å². The lowest BCUT2D eigenvalue weighted by Gasteiger charge is -2.26. The van der Waals surface area contributed by atoms with E-state index in [0.717, 1.165) is 12.8 Å². The summed E-state index contributed by atoms with van der Waals surface area (Å²) in [6.07, 6.45) is 0.992. The minimum absolute atomic E-state index is 0.109. The molecule has 0 bridgehead atoms. The predicted octanol–water partition coefficient (Wildman–Crippen LogP) is 0.687. The lowest BCUT2D eigenvalue weighted by Crippen LogP contribution is -2.44. The molecular weight excluding hydrogens is 298 g/mol. The van der Waals surface area contributed by atoms with Gasteiger partial charge in [0.25, 0.3) is 0 Å². The highest BCUT2D eigenvalue weighted by atomic mass is 32.2. The molecular formula is C13H19NO4S2. The number of aliphatic hydroxyl groups is 1. The Balaban J connectivity index is 1.83. The molecule has 0 unspecified atom stereocenters. The van der Waals surface area contributed by atoms with E-state index >= 15 is 0 Å². The van der Waals surface area contributed by atoms with Gasteiger partial charge in [-0.1, -0.05) is 6.07 Å². The molecule has 1 fully saturated rings. The highest BCUT2D eigenvalue weighted by Gasteiger charge is 2.40. The lowest BCUT2D eigenvalue weighted by atomic mass is 10.1. The Morgan fingerprint density at radius 2 is 2.25 bits per heavy atom. The number of nitrogens with zero attached hydrogens (tertiary/aromatic N) is 1. The number of carbonyl (C=O) groups is 1. The Morgan fingerprint density at radius 3 is 2.80 bits per heavy atom. The second-order valence-corrected chi connectivity index (χ2v) is 8.34. The van der Waals surface area contributed by atoms with E-state index in [9.17, 15) is 18.3 Å². The molecule has 5 nitrogen and oxygen atoms in total. The first-order valence-corrected chi connectivity index (χ1v) is 9.26. The molecule has 2 atom stereocenters. The molecule has 1 aliphatic heterocycles. The quantitative estimate of drug-likeness (QED) is 0.867. The summed E-state index contributed by atoms with van der Waals surface area (Å²) in [5.41, 5.74) is 0. The second-order valence-electron chi connectivity index (χ2n) is 5.15. The molecule has 2 heterocycles. The van der Waals surface area contributed by atoms with Crippen LogP contribution >= 0.6 is 11.3 Å². The number of amides is 1. The first-order chi connectivity index (χ1) is 9.39. The van der Waals surface area contributed by atoms with Gasteiger partial charge in [-0.2, -0.15) is 0 Å². The van der Waals surface area contributed by atoms with Gasteiger partial charge >= 0.3 is 0 Å². The summed E-state index contributed by atoms with van der Waals surface area (Å²) in [4.78, 5) is 14.7. The van der Waals surface area contributed by atoms with Crippen molar-refractivity contribution in [2.75, 3.05) is 18.6 Å². The number of aryl methyl sites for hydroxylation is 1. The maximum absolute atomic E-state index is 12.0. The number of rotatable bonds is 5. The predicted molar refractivity (Wildman–Crippen MR) is 78.5 cm³/mol. The summed E-state index contributed by atoms with van der Waals surface area (Å²) >= 11 is 1.66. The van der Waals surface area contributed by atoms with Crippen molar-refractivity contribution in [3.8, 4) is 0 Å². The van der Waals surface area contributed by atoms with Crippen LogP contribution in [0.3, 0.4) is 0 Å². The smallest absolute Gasteiger partial charge is 0.222 e. The zero-order valence-electron chi connectivity index (χ0n) is 11.4. The molecule has 0 saturated carbocycles. The van der Waals surface area contributed by atoms with Crippen LogP contribution in [0.25, 0.3) is 0 Å². The van der Waals surface area contributed by atoms with Crippen molar-refractivity contribution in [2.24, 2.45) is 0 Å². The molecule has 1 aromatic heterocycles. The lowest BCUT2D eigenvalue weighted by molar-refractivity contribution is -0.133. The maximum Gasteiger partial charge on any atom is 0.222 e. The molecule has 1 aliphatic rings.